The van der Waals surface area contributed by atoms with Gasteiger partial charge in [-0.1, -0.05) is 26.0 Å². The van der Waals surface area contributed by atoms with Crippen molar-refractivity contribution in [3.05, 3.63) is 29.3 Å². The van der Waals surface area contributed by atoms with Gasteiger partial charge in [-0.25, -0.2) is 4.68 Å². The molecule has 1 saturated carbocycles. The highest BCUT2D eigenvalue weighted by molar-refractivity contribution is 5.90. The van der Waals surface area contributed by atoms with E-state index in [1.165, 1.54) is 10.6 Å². The van der Waals surface area contributed by atoms with Crippen molar-refractivity contribution in [2.45, 2.75) is 103 Å². The molecule has 1 aliphatic carbocycles. The Bertz CT molecular complexity index is 1070. The van der Waals surface area contributed by atoms with Crippen molar-refractivity contribution in [2.75, 3.05) is 6.54 Å². The van der Waals surface area contributed by atoms with E-state index in [-0.39, 0.29) is 30.8 Å². The number of aliphatic hydroxyl groups is 1. The van der Waals surface area contributed by atoms with E-state index in [0.717, 1.165) is 50.0 Å². The van der Waals surface area contributed by atoms with Gasteiger partial charge in [-0.05, 0) is 50.5 Å². The molecule has 2 aromatic heterocycles. The molecule has 2 N–H and O–H groups in total. The molecule has 190 valence electrons. The van der Waals surface area contributed by atoms with Gasteiger partial charge in [0.1, 0.15) is 12.1 Å². The lowest BCUT2D eigenvalue weighted by molar-refractivity contribution is -0.144. The summed E-state index contributed by atoms with van der Waals surface area (Å²) in [6, 6.07) is 0.410. The zero-order valence-corrected chi connectivity index (χ0v) is 21.1. The zero-order valence-electron chi connectivity index (χ0n) is 21.1. The second-order valence-electron chi connectivity index (χ2n) is 11.5. The number of carbonyl (C=O) groups is 2. The number of fused-ring (bicyclic) bond motifs is 1. The van der Waals surface area contributed by atoms with E-state index in [4.69, 9.17) is 0 Å². The SMILES string of the molecule is CC(NC(=O)C1CC(O)CN1C(=O)[C@@H](n1cc(C2CC2)nn1)C(C)(C)C)c1cc2n(n1)CCCC2. The minimum atomic E-state index is -0.747. The van der Waals surface area contributed by atoms with E-state index in [2.05, 4.69) is 26.8 Å². The summed E-state index contributed by atoms with van der Waals surface area (Å²) in [5.41, 5.74) is 2.49. The number of carbonyl (C=O) groups excluding carboxylic acids is 2. The molecule has 3 aliphatic rings. The quantitative estimate of drug-likeness (QED) is 0.650. The van der Waals surface area contributed by atoms with Crippen LogP contribution in [0.4, 0.5) is 0 Å². The molecule has 0 radical (unpaired) electrons. The van der Waals surface area contributed by atoms with E-state index >= 15 is 0 Å². The van der Waals surface area contributed by atoms with Crippen LogP contribution in [0, 0.1) is 5.41 Å². The summed E-state index contributed by atoms with van der Waals surface area (Å²) in [4.78, 5) is 28.8. The molecule has 0 aromatic carbocycles. The van der Waals surface area contributed by atoms with Crippen molar-refractivity contribution >= 4 is 11.8 Å². The molecular formula is C25H37N7O3. The van der Waals surface area contributed by atoms with Crippen LogP contribution in [0.5, 0.6) is 0 Å². The number of nitrogens with zero attached hydrogens (tertiary/aromatic N) is 6. The van der Waals surface area contributed by atoms with Gasteiger partial charge in [-0.15, -0.1) is 5.10 Å². The number of hydrogen-bond acceptors (Lipinski definition) is 6. The number of nitrogens with one attached hydrogen (secondary N) is 1. The van der Waals surface area contributed by atoms with Crippen molar-refractivity contribution in [3.63, 3.8) is 0 Å². The first kappa shape index (κ1) is 24.0. The first-order chi connectivity index (χ1) is 16.6. The number of hydrogen-bond donors (Lipinski definition) is 2. The molecule has 1 saturated heterocycles. The number of amides is 2. The molecule has 10 heteroatoms. The Morgan fingerprint density at radius 1 is 1.23 bits per heavy atom. The van der Waals surface area contributed by atoms with E-state index < -0.39 is 23.6 Å². The number of aromatic nitrogens is 5. The lowest BCUT2D eigenvalue weighted by Crippen LogP contribution is -2.50. The molecule has 2 fully saturated rings. The van der Waals surface area contributed by atoms with Gasteiger partial charge in [0.25, 0.3) is 0 Å². The highest BCUT2D eigenvalue weighted by atomic mass is 16.3. The van der Waals surface area contributed by atoms with Crippen LogP contribution in [0.15, 0.2) is 12.3 Å². The van der Waals surface area contributed by atoms with Crippen molar-refractivity contribution < 1.29 is 14.7 Å². The number of aliphatic hydroxyl groups excluding tert-OH is 1. The number of rotatable bonds is 6. The van der Waals surface area contributed by atoms with Crippen LogP contribution in [-0.2, 0) is 22.6 Å². The second kappa shape index (κ2) is 9.04. The van der Waals surface area contributed by atoms with E-state index in [1.54, 1.807) is 4.68 Å². The number of likely N-dealkylation sites (tertiary alicyclic amines) is 1. The normalized spacial score (nSPS) is 24.2. The van der Waals surface area contributed by atoms with Crippen LogP contribution < -0.4 is 5.32 Å². The van der Waals surface area contributed by atoms with Crippen LogP contribution in [0.2, 0.25) is 0 Å². The number of β-amino-alcohol motifs (C(OH)–C–C–N with tert-alkyl or cyclic N) is 1. The minimum absolute atomic E-state index is 0.126. The molecule has 10 nitrogen and oxygen atoms in total. The van der Waals surface area contributed by atoms with Crippen molar-refractivity contribution in [3.8, 4) is 0 Å². The fourth-order valence-corrected chi connectivity index (χ4v) is 5.36. The Labute approximate surface area is 206 Å². The summed E-state index contributed by atoms with van der Waals surface area (Å²) in [5.74, 6) is -0.0495. The summed E-state index contributed by atoms with van der Waals surface area (Å²) >= 11 is 0. The highest BCUT2D eigenvalue weighted by Crippen LogP contribution is 2.40. The van der Waals surface area contributed by atoms with Crippen molar-refractivity contribution in [1.82, 2.24) is 35.0 Å². The summed E-state index contributed by atoms with van der Waals surface area (Å²) in [5, 5.41) is 26.7. The van der Waals surface area contributed by atoms with E-state index in [9.17, 15) is 14.7 Å². The summed E-state index contributed by atoms with van der Waals surface area (Å²) in [6.07, 6.45) is 6.82. The zero-order chi connectivity index (χ0) is 24.9. The highest BCUT2D eigenvalue weighted by Gasteiger charge is 2.45. The van der Waals surface area contributed by atoms with Gasteiger partial charge in [-0.2, -0.15) is 5.10 Å². The van der Waals surface area contributed by atoms with Gasteiger partial charge < -0.3 is 15.3 Å². The topological polar surface area (TPSA) is 118 Å². The Hall–Kier alpha value is -2.75. The van der Waals surface area contributed by atoms with Crippen LogP contribution >= 0.6 is 0 Å². The fraction of sp³-hybridized carbons (Fsp3) is 0.720. The first-order valence-electron chi connectivity index (χ1n) is 12.9. The predicted octanol–water partition coefficient (Wildman–Crippen LogP) is 2.11. The summed E-state index contributed by atoms with van der Waals surface area (Å²) in [7, 11) is 0. The van der Waals surface area contributed by atoms with Crippen LogP contribution in [-0.4, -0.2) is 65.3 Å². The standard InChI is InChI=1S/C25H37N7O3/c1-15(19-11-17-7-5-6-10-31(17)28-19)26-23(34)21-12-18(33)13-30(21)24(35)22(25(2,3)4)32-14-20(27-29-32)16-8-9-16/h11,14-16,18,21-22,33H,5-10,12-13H2,1-4H3,(H,26,34)/t15?,18?,21?,22-/m1/s1. The molecular weight excluding hydrogens is 446 g/mol. The van der Waals surface area contributed by atoms with E-state index in [0.29, 0.717) is 5.92 Å². The molecule has 0 bridgehead atoms. The average molecular weight is 484 g/mol. The fourth-order valence-electron chi connectivity index (χ4n) is 5.36. The third-order valence-corrected chi connectivity index (χ3v) is 7.44. The Morgan fingerprint density at radius 2 is 2.00 bits per heavy atom. The molecule has 0 spiro atoms. The van der Waals surface area contributed by atoms with Crippen LogP contribution in [0.3, 0.4) is 0 Å². The van der Waals surface area contributed by atoms with Crippen LogP contribution in [0.1, 0.15) is 94.9 Å². The third-order valence-electron chi connectivity index (χ3n) is 7.44. The third kappa shape index (κ3) is 4.85. The second-order valence-corrected chi connectivity index (χ2v) is 11.5. The maximum absolute atomic E-state index is 13.9. The lowest BCUT2D eigenvalue weighted by Gasteiger charge is -2.34. The maximum atomic E-state index is 13.9. The predicted molar refractivity (Wildman–Crippen MR) is 128 cm³/mol. The maximum Gasteiger partial charge on any atom is 0.248 e. The van der Waals surface area contributed by atoms with Gasteiger partial charge in [0.15, 0.2) is 0 Å². The Balaban J connectivity index is 1.33. The minimum Gasteiger partial charge on any atom is -0.391 e. The smallest absolute Gasteiger partial charge is 0.248 e. The molecule has 2 aliphatic heterocycles. The molecule has 3 unspecified atom stereocenters. The molecule has 4 atom stereocenters. The Kier molecular flexibility index (Phi) is 6.19. The monoisotopic (exact) mass is 483 g/mol. The summed E-state index contributed by atoms with van der Waals surface area (Å²) < 4.78 is 3.67. The molecule has 2 amide bonds. The van der Waals surface area contributed by atoms with Crippen molar-refractivity contribution in [1.29, 1.82) is 0 Å². The van der Waals surface area contributed by atoms with Gasteiger partial charge in [-0.3, -0.25) is 14.3 Å². The molecule has 5 rings (SSSR count). The van der Waals surface area contributed by atoms with Gasteiger partial charge in [0.2, 0.25) is 11.8 Å². The average Bonchev–Trinajstić information content (AvgIpc) is 3.19. The molecule has 2 aromatic rings. The van der Waals surface area contributed by atoms with Crippen LogP contribution in [0.25, 0.3) is 0 Å². The van der Waals surface area contributed by atoms with Gasteiger partial charge in [0, 0.05) is 37.3 Å². The van der Waals surface area contributed by atoms with Gasteiger partial charge in [0.05, 0.1) is 23.5 Å². The number of aryl methyl sites for hydroxylation is 2. The largest absolute Gasteiger partial charge is 0.391 e. The Morgan fingerprint density at radius 3 is 2.69 bits per heavy atom. The summed E-state index contributed by atoms with van der Waals surface area (Å²) in [6.45, 7) is 8.90. The molecule has 4 heterocycles. The molecule has 35 heavy (non-hydrogen) atoms. The first-order valence-corrected chi connectivity index (χ1v) is 12.9. The van der Waals surface area contributed by atoms with Crippen molar-refractivity contribution in [2.24, 2.45) is 5.41 Å². The van der Waals surface area contributed by atoms with Gasteiger partial charge >= 0.3 is 0 Å². The lowest BCUT2D eigenvalue weighted by atomic mass is 9.85. The van der Waals surface area contributed by atoms with E-state index in [1.807, 2.05) is 38.6 Å².